The molecule has 2 fully saturated rings. The molecule has 2 heterocycles. The van der Waals surface area contributed by atoms with Gasteiger partial charge in [-0.1, -0.05) is 18.2 Å². The van der Waals surface area contributed by atoms with Crippen LogP contribution in [0.4, 0.5) is 17.6 Å². The molecular weight excluding hydrogens is 500 g/mol. The summed E-state index contributed by atoms with van der Waals surface area (Å²) in [5.41, 5.74) is -1.75. The molecule has 1 aromatic heterocycles. The van der Waals surface area contributed by atoms with E-state index in [-0.39, 0.29) is 17.9 Å². The number of carboxylic acids is 1. The number of carboxylic acid groups (broad SMARTS) is 1. The number of aromatic nitrogens is 1. The molecule has 38 heavy (non-hydrogen) atoms. The zero-order valence-corrected chi connectivity index (χ0v) is 21.3. The number of alkyl halides is 4. The van der Waals surface area contributed by atoms with Crippen LogP contribution in [-0.2, 0) is 33.5 Å². The van der Waals surface area contributed by atoms with Gasteiger partial charge in [0.15, 0.2) is 0 Å². The van der Waals surface area contributed by atoms with Gasteiger partial charge in [0.2, 0.25) is 11.6 Å². The maximum Gasteiger partial charge on any atom is 0.426 e. The molecule has 0 bridgehead atoms. The van der Waals surface area contributed by atoms with Crippen LogP contribution in [-0.4, -0.2) is 45.6 Å². The molecule has 9 heteroatoms. The number of rotatable bonds is 5. The maximum absolute atomic E-state index is 14.8. The Kier molecular flexibility index (Phi) is 6.76. The molecule has 5 nitrogen and oxygen atoms in total. The van der Waals surface area contributed by atoms with E-state index in [0.717, 1.165) is 11.1 Å². The normalized spacial score (nSPS) is 28.8. The minimum absolute atomic E-state index is 0.0453. The van der Waals surface area contributed by atoms with Crippen molar-refractivity contribution in [1.29, 1.82) is 0 Å². The van der Waals surface area contributed by atoms with Gasteiger partial charge in [-0.05, 0) is 92.7 Å². The topological polar surface area (TPSA) is 70.5 Å². The van der Waals surface area contributed by atoms with Crippen LogP contribution in [0.1, 0.15) is 67.7 Å². The number of carbonyl (C=O) groups is 2. The monoisotopic (exact) mass is 532 g/mol. The van der Waals surface area contributed by atoms with E-state index in [9.17, 15) is 32.3 Å². The summed E-state index contributed by atoms with van der Waals surface area (Å²) in [5, 5.41) is 9.32. The highest BCUT2D eigenvalue weighted by atomic mass is 19.4. The Morgan fingerprint density at radius 1 is 1.03 bits per heavy atom. The molecule has 1 N–H and O–H groups in total. The smallest absolute Gasteiger partial charge is 0.426 e. The quantitative estimate of drug-likeness (QED) is 0.498. The Morgan fingerprint density at radius 3 is 2.32 bits per heavy atom. The average molecular weight is 533 g/mol. The number of hydrogen-bond acceptors (Lipinski definition) is 3. The number of amides is 1. The fourth-order valence-corrected chi connectivity index (χ4v) is 6.97. The van der Waals surface area contributed by atoms with E-state index in [1.54, 1.807) is 18.5 Å². The molecule has 1 amide bonds. The van der Waals surface area contributed by atoms with Crippen LogP contribution < -0.4 is 0 Å². The van der Waals surface area contributed by atoms with Gasteiger partial charge in [0, 0.05) is 36.3 Å². The second-order valence-corrected chi connectivity index (χ2v) is 11.3. The van der Waals surface area contributed by atoms with Gasteiger partial charge in [0.1, 0.15) is 0 Å². The first-order chi connectivity index (χ1) is 17.9. The van der Waals surface area contributed by atoms with E-state index in [0.29, 0.717) is 70.4 Å². The van der Waals surface area contributed by atoms with Crippen molar-refractivity contribution in [3.63, 3.8) is 0 Å². The third-order valence-corrected chi connectivity index (χ3v) is 9.19. The van der Waals surface area contributed by atoms with Crippen LogP contribution in [0.3, 0.4) is 0 Å². The Hall–Kier alpha value is -2.97. The third kappa shape index (κ3) is 4.47. The predicted octanol–water partition coefficient (Wildman–Crippen LogP) is 5.75. The minimum atomic E-state index is -5.02. The average Bonchev–Trinajstić information content (AvgIpc) is 3.27. The van der Waals surface area contributed by atoms with E-state index in [4.69, 9.17) is 0 Å². The van der Waals surface area contributed by atoms with Crippen LogP contribution in [0.15, 0.2) is 42.7 Å². The van der Waals surface area contributed by atoms with Crippen molar-refractivity contribution in [3.05, 3.63) is 65.0 Å². The summed E-state index contributed by atoms with van der Waals surface area (Å²) in [7, 11) is 0. The number of halogens is 4. The van der Waals surface area contributed by atoms with E-state index >= 15 is 0 Å². The number of hydrogen-bond donors (Lipinski definition) is 1. The molecule has 0 spiro atoms. The number of fused-ring (bicyclic) bond motifs is 3. The van der Waals surface area contributed by atoms with Crippen LogP contribution in [0.5, 0.6) is 0 Å². The van der Waals surface area contributed by atoms with Gasteiger partial charge in [-0.15, -0.1) is 0 Å². The highest BCUT2D eigenvalue weighted by Gasteiger charge is 2.56. The number of pyridine rings is 1. The standard InChI is InChI=1S/C29H32F4N2O3/c1-27(30,29(31,32)33)22-7-8-23-21(16-22)6-9-24-28(23,17-18-10-13-34-14-11-18)12-15-35(24)25(36)19-2-4-20(5-3-19)26(37)38/h7-8,10-11,13-14,16,19-20,24H,2-6,9,12,15,17H2,1H3,(H,37,38). The molecule has 1 saturated carbocycles. The van der Waals surface area contributed by atoms with Crippen molar-refractivity contribution in [2.75, 3.05) is 6.54 Å². The first-order valence-corrected chi connectivity index (χ1v) is 13.3. The lowest BCUT2D eigenvalue weighted by atomic mass is 9.63. The summed E-state index contributed by atoms with van der Waals surface area (Å²) < 4.78 is 55.2. The van der Waals surface area contributed by atoms with Gasteiger partial charge in [0.05, 0.1) is 5.92 Å². The molecule has 3 aliphatic rings. The predicted molar refractivity (Wildman–Crippen MR) is 132 cm³/mol. The highest BCUT2D eigenvalue weighted by molar-refractivity contribution is 5.80. The fourth-order valence-electron chi connectivity index (χ4n) is 6.97. The largest absolute Gasteiger partial charge is 0.481 e. The summed E-state index contributed by atoms with van der Waals surface area (Å²) in [5.74, 6) is -1.39. The molecule has 2 aliphatic carbocycles. The zero-order valence-electron chi connectivity index (χ0n) is 21.3. The number of aliphatic carboxylic acids is 1. The summed E-state index contributed by atoms with van der Waals surface area (Å²) in [6.45, 7) is 1.08. The lowest BCUT2D eigenvalue weighted by Gasteiger charge is -2.45. The molecule has 1 saturated heterocycles. The first-order valence-electron chi connectivity index (χ1n) is 13.3. The number of aryl methyl sites for hydroxylation is 1. The molecule has 3 atom stereocenters. The summed E-state index contributed by atoms with van der Waals surface area (Å²) in [6.07, 6.45) is 2.70. The van der Waals surface area contributed by atoms with Crippen molar-refractivity contribution >= 4 is 11.9 Å². The molecule has 204 valence electrons. The van der Waals surface area contributed by atoms with Gasteiger partial charge >= 0.3 is 12.1 Å². The lowest BCUT2D eigenvalue weighted by molar-refractivity contribution is -0.228. The van der Waals surface area contributed by atoms with Crippen LogP contribution in [0.25, 0.3) is 0 Å². The van der Waals surface area contributed by atoms with Gasteiger partial charge in [-0.3, -0.25) is 14.6 Å². The molecular formula is C29H32F4N2O3. The number of carbonyl (C=O) groups excluding carboxylic acids is 1. The van der Waals surface area contributed by atoms with E-state index < -0.39 is 34.7 Å². The Balaban J connectivity index is 1.49. The van der Waals surface area contributed by atoms with Crippen molar-refractivity contribution in [2.24, 2.45) is 11.8 Å². The maximum atomic E-state index is 14.8. The molecule has 3 unspecified atom stereocenters. The second kappa shape index (κ2) is 9.65. The molecule has 0 radical (unpaired) electrons. The van der Waals surface area contributed by atoms with Gasteiger partial charge in [-0.25, -0.2) is 4.39 Å². The van der Waals surface area contributed by atoms with E-state index in [1.807, 2.05) is 17.0 Å². The van der Waals surface area contributed by atoms with Crippen LogP contribution >= 0.6 is 0 Å². The van der Waals surface area contributed by atoms with Gasteiger partial charge in [0.25, 0.3) is 0 Å². The summed E-state index contributed by atoms with van der Waals surface area (Å²) >= 11 is 0. The SMILES string of the molecule is CC(F)(c1ccc2c(c1)CCC1N(C(=O)C3CCC(C(=O)O)CC3)CCC21Cc1ccncc1)C(F)(F)F. The number of nitrogens with zero attached hydrogens (tertiary/aromatic N) is 2. The minimum Gasteiger partial charge on any atom is -0.481 e. The van der Waals surface area contributed by atoms with Crippen LogP contribution in [0, 0.1) is 11.8 Å². The summed E-state index contributed by atoms with van der Waals surface area (Å²) in [4.78, 5) is 31.1. The van der Waals surface area contributed by atoms with Gasteiger partial charge < -0.3 is 10.0 Å². The number of likely N-dealkylation sites (tertiary alicyclic amines) is 1. The molecule has 1 aliphatic heterocycles. The number of benzene rings is 1. The lowest BCUT2D eigenvalue weighted by Crippen LogP contribution is -2.51. The molecule has 5 rings (SSSR count). The van der Waals surface area contributed by atoms with E-state index in [2.05, 4.69) is 4.98 Å². The van der Waals surface area contributed by atoms with Crippen molar-refractivity contribution in [2.45, 2.75) is 81.6 Å². The zero-order chi connectivity index (χ0) is 27.3. The highest BCUT2D eigenvalue weighted by Crippen LogP contribution is 2.51. The van der Waals surface area contributed by atoms with Crippen molar-refractivity contribution < 1.29 is 32.3 Å². The molecule has 1 aromatic carbocycles. The van der Waals surface area contributed by atoms with Gasteiger partial charge in [-0.2, -0.15) is 13.2 Å². The Bertz CT molecular complexity index is 1210. The summed E-state index contributed by atoms with van der Waals surface area (Å²) in [6, 6.07) is 7.94. The molecule has 2 aromatic rings. The Labute approximate surface area is 219 Å². The first kappa shape index (κ1) is 26.6. The fraction of sp³-hybridized carbons (Fsp3) is 0.552. The second-order valence-electron chi connectivity index (χ2n) is 11.3. The Morgan fingerprint density at radius 2 is 1.68 bits per heavy atom. The van der Waals surface area contributed by atoms with Crippen molar-refractivity contribution in [1.82, 2.24) is 9.88 Å². The third-order valence-electron chi connectivity index (χ3n) is 9.19. The van der Waals surface area contributed by atoms with E-state index in [1.165, 1.54) is 12.1 Å². The van der Waals surface area contributed by atoms with Crippen LogP contribution in [0.2, 0.25) is 0 Å². The van der Waals surface area contributed by atoms with Crippen molar-refractivity contribution in [3.8, 4) is 0 Å².